The van der Waals surface area contributed by atoms with Crippen molar-refractivity contribution in [2.24, 2.45) is 45.8 Å². The number of carbonyl (C=O) groups excluding carboxylic acids is 2. The summed E-state index contributed by atoms with van der Waals surface area (Å²) in [5.41, 5.74) is -1.73. The fourth-order valence-corrected chi connectivity index (χ4v) is 14.9. The van der Waals surface area contributed by atoms with Crippen molar-refractivity contribution in [3.8, 4) is 0 Å². The summed E-state index contributed by atoms with van der Waals surface area (Å²) in [6.07, 6.45) is -18.2. The van der Waals surface area contributed by atoms with E-state index in [-0.39, 0.29) is 35.7 Å². The minimum absolute atomic E-state index is 0.0420. The first-order chi connectivity index (χ1) is 32.5. The van der Waals surface area contributed by atoms with Gasteiger partial charge in [0.05, 0.1) is 25.9 Å². The third-order valence-electron chi connectivity index (χ3n) is 19.1. The highest BCUT2D eigenvalue weighted by Gasteiger charge is 2.68. The van der Waals surface area contributed by atoms with Crippen molar-refractivity contribution in [3.63, 3.8) is 0 Å². The van der Waals surface area contributed by atoms with Gasteiger partial charge in [-0.25, -0.2) is 4.79 Å². The average molecular weight is 987 g/mol. The monoisotopic (exact) mass is 986 g/mol. The third kappa shape index (κ3) is 8.53. The van der Waals surface area contributed by atoms with E-state index >= 15 is 0 Å². The molecule has 4 heterocycles. The van der Waals surface area contributed by atoms with Crippen LogP contribution in [0.3, 0.4) is 0 Å². The normalized spacial score (nSPS) is 55.0. The summed E-state index contributed by atoms with van der Waals surface area (Å²) in [6.45, 7) is 7.40. The quantitative estimate of drug-likeness (QED) is 0.0790. The number of hydrogen-bond acceptors (Lipinski definition) is 21. The molecule has 0 radical (unpaired) electrons. The van der Waals surface area contributed by atoms with E-state index in [1.54, 1.807) is 6.92 Å². The van der Waals surface area contributed by atoms with E-state index in [2.05, 4.69) is 19.9 Å². The molecule has 11 N–H and O–H groups in total. The lowest BCUT2D eigenvalue weighted by molar-refractivity contribution is -0.377. The molecule has 0 spiro atoms. The molecule has 27 atom stereocenters. The maximum Gasteiger partial charge on any atom is 0.338 e. The fourth-order valence-electron chi connectivity index (χ4n) is 14.9. The first-order valence-corrected chi connectivity index (χ1v) is 24.8. The Kier molecular flexibility index (Phi) is 14.3. The Hall–Kier alpha value is -2.00. The predicted octanol–water partition coefficient (Wildman–Crippen LogP) is -1.97. The van der Waals surface area contributed by atoms with Crippen molar-refractivity contribution in [2.75, 3.05) is 19.8 Å². The zero-order valence-corrected chi connectivity index (χ0v) is 39.8. The molecule has 8 fully saturated rings. The maximum atomic E-state index is 13.0. The lowest BCUT2D eigenvalue weighted by Crippen LogP contribution is -2.65. The number of esters is 2. The van der Waals surface area contributed by atoms with Crippen molar-refractivity contribution in [1.29, 1.82) is 0 Å². The number of allylic oxidation sites excluding steroid dienone is 1. The molecule has 4 aliphatic heterocycles. The minimum Gasteiger partial charge on any atom is -0.462 e. The number of fused-ring (bicyclic) bond motifs is 7. The van der Waals surface area contributed by atoms with Crippen molar-refractivity contribution in [1.82, 2.24) is 0 Å². The molecule has 0 aromatic heterocycles. The van der Waals surface area contributed by atoms with Gasteiger partial charge in [0.2, 0.25) is 0 Å². The van der Waals surface area contributed by atoms with Crippen LogP contribution in [0.25, 0.3) is 0 Å². The molecule has 21 nitrogen and oxygen atoms in total. The number of ether oxygens (including phenoxy) is 8. The third-order valence-corrected chi connectivity index (χ3v) is 19.1. The van der Waals surface area contributed by atoms with E-state index in [1.165, 1.54) is 6.92 Å². The van der Waals surface area contributed by atoms with Crippen molar-refractivity contribution >= 4 is 11.9 Å². The van der Waals surface area contributed by atoms with E-state index in [9.17, 15) is 65.8 Å². The highest BCUT2D eigenvalue weighted by molar-refractivity contribution is 5.81. The second-order valence-electron chi connectivity index (χ2n) is 22.7. The lowest BCUT2D eigenvalue weighted by Gasteiger charge is -2.60. The summed E-state index contributed by atoms with van der Waals surface area (Å²) in [5, 5.41) is 117. The lowest BCUT2D eigenvalue weighted by atomic mass is 9.46. The molecule has 9 aliphatic rings. The second kappa shape index (κ2) is 19.0. The molecule has 21 heteroatoms. The molecule has 392 valence electrons. The van der Waals surface area contributed by atoms with Gasteiger partial charge >= 0.3 is 11.9 Å². The molecule has 9 rings (SSSR count). The van der Waals surface area contributed by atoms with Crippen molar-refractivity contribution in [2.45, 2.75) is 208 Å². The van der Waals surface area contributed by atoms with Crippen LogP contribution in [-0.4, -0.2) is 204 Å². The Labute approximate surface area is 400 Å². The van der Waals surface area contributed by atoms with Gasteiger partial charge in [0.15, 0.2) is 24.5 Å². The summed E-state index contributed by atoms with van der Waals surface area (Å²) < 4.78 is 47.9. The fraction of sp³-hybridized carbons (Fsp3) is 0.917. The SMILES string of the molecule is CC(=O)O[C@H]1C[C@H](O[C@@H]2O[C@H](CO[C@@H]3O[C@H](CO)[C@@H](O)[C@H](O)[C@H]3O)[C@@H](O)[C@H](O)[C@H]2O[C@@H]2O[C@H](CO)[C@@H](O)[C@H](O)[C@H]2O)CC2=CC[C@H]3[C@@H]4CC[C@H]([C@@H]5C[C@]6(C)C[C@H]5OC(=O)[C@@]6(C)O)[C@@]4(C)CC[C@@H]3[C@]21C. The smallest absolute Gasteiger partial charge is 0.338 e. The second-order valence-corrected chi connectivity index (χ2v) is 22.7. The number of rotatable bonds is 11. The number of hydrogen-bond donors (Lipinski definition) is 11. The van der Waals surface area contributed by atoms with Crippen LogP contribution in [0, 0.1) is 45.8 Å². The molecule has 0 amide bonds. The van der Waals surface area contributed by atoms with E-state index in [0.717, 1.165) is 44.1 Å². The summed E-state index contributed by atoms with van der Waals surface area (Å²) in [6, 6.07) is 0. The molecule has 2 bridgehead atoms. The Morgan fingerprint density at radius 3 is 1.94 bits per heavy atom. The largest absolute Gasteiger partial charge is 0.462 e. The zero-order chi connectivity index (χ0) is 49.9. The Balaban J connectivity index is 0.960. The van der Waals surface area contributed by atoms with E-state index in [1.807, 2.05) is 6.92 Å². The highest BCUT2D eigenvalue weighted by atomic mass is 16.8. The van der Waals surface area contributed by atoms with Gasteiger partial charge in [-0.2, -0.15) is 0 Å². The number of aliphatic hydroxyl groups is 11. The number of carbonyl (C=O) groups is 2. The zero-order valence-electron chi connectivity index (χ0n) is 39.8. The van der Waals surface area contributed by atoms with Gasteiger partial charge in [0.25, 0.3) is 0 Å². The Bertz CT molecular complexity index is 1910. The standard InChI is InChI=1S/C48H74O21/c1-19(51)63-31-13-21(12-20-6-7-22-24-8-9-25(46(24,3)11-10-26(22)47(20,31)4)23-14-45(2)15-27(23)68-44(60)48(45,5)61)64-43-40(69-42-39(59)36(56)33(53)29(17-50)66-42)37(57)34(54)30(67-43)18-62-41-38(58)35(55)32(52)28(16-49)65-41/h6,21-43,49-50,52-59,61H,7-18H2,1-5H3/t21-,22+,23+,24+,25-,26+,27-,28-,29-,30-,31+,32-,33-,34-,35+,36+,37+,38-,39-,40-,41-,42+,43-,45-,46+,47+,48-/m1/s1. The first-order valence-electron chi connectivity index (χ1n) is 24.8. The van der Waals surface area contributed by atoms with Crippen LogP contribution in [0.4, 0.5) is 0 Å². The van der Waals surface area contributed by atoms with Gasteiger partial charge < -0.3 is 94.1 Å². The van der Waals surface area contributed by atoms with Crippen LogP contribution in [0.5, 0.6) is 0 Å². The summed E-state index contributed by atoms with van der Waals surface area (Å²) in [4.78, 5) is 26.0. The Morgan fingerprint density at radius 2 is 1.30 bits per heavy atom. The summed E-state index contributed by atoms with van der Waals surface area (Å²) in [7, 11) is 0. The van der Waals surface area contributed by atoms with Gasteiger partial charge in [-0.15, -0.1) is 0 Å². The summed E-state index contributed by atoms with van der Waals surface area (Å²) >= 11 is 0. The van der Waals surface area contributed by atoms with Gasteiger partial charge in [-0.1, -0.05) is 32.4 Å². The first kappa shape index (κ1) is 51.9. The van der Waals surface area contributed by atoms with Crippen LogP contribution in [-0.2, 0) is 47.5 Å². The number of aliphatic hydroxyl groups excluding tert-OH is 10. The van der Waals surface area contributed by atoms with Crippen LogP contribution < -0.4 is 0 Å². The van der Waals surface area contributed by atoms with Crippen LogP contribution in [0.2, 0.25) is 0 Å². The van der Waals surface area contributed by atoms with E-state index in [4.69, 9.17) is 37.9 Å². The molecule has 0 unspecified atom stereocenters. The molecular formula is C48H74O21. The molecule has 4 saturated heterocycles. The van der Waals surface area contributed by atoms with Crippen molar-refractivity contribution < 1.29 is 104 Å². The molecular weight excluding hydrogens is 913 g/mol. The maximum absolute atomic E-state index is 13.0. The molecule has 0 aromatic carbocycles. The molecule has 4 saturated carbocycles. The van der Waals surface area contributed by atoms with Gasteiger partial charge in [-0.05, 0) is 93.3 Å². The van der Waals surface area contributed by atoms with E-state index < -0.39 is 153 Å². The van der Waals surface area contributed by atoms with Crippen LogP contribution in [0.15, 0.2) is 11.6 Å². The Morgan fingerprint density at radius 1 is 0.710 bits per heavy atom. The van der Waals surface area contributed by atoms with Crippen molar-refractivity contribution in [3.05, 3.63) is 11.6 Å². The molecule has 69 heavy (non-hydrogen) atoms. The van der Waals surface area contributed by atoms with Gasteiger partial charge in [0.1, 0.15) is 85.5 Å². The molecule has 0 aromatic rings. The van der Waals surface area contributed by atoms with Gasteiger partial charge in [0, 0.05) is 24.2 Å². The van der Waals surface area contributed by atoms with Gasteiger partial charge in [-0.3, -0.25) is 4.79 Å². The molecule has 5 aliphatic carbocycles. The summed E-state index contributed by atoms with van der Waals surface area (Å²) in [5.74, 6) is 0.156. The van der Waals surface area contributed by atoms with Crippen LogP contribution in [0.1, 0.15) is 92.4 Å². The average Bonchev–Trinajstić information content (AvgIpc) is 3.82. The highest BCUT2D eigenvalue weighted by Crippen LogP contribution is 2.70. The minimum atomic E-state index is -1.90. The van der Waals surface area contributed by atoms with Crippen LogP contribution >= 0.6 is 0 Å². The predicted molar refractivity (Wildman–Crippen MR) is 231 cm³/mol. The van der Waals surface area contributed by atoms with E-state index in [0.29, 0.717) is 24.7 Å². The topological polar surface area (TPSA) is 331 Å².